The minimum absolute atomic E-state index is 0.122. The van der Waals surface area contributed by atoms with Crippen molar-refractivity contribution in [2.24, 2.45) is 5.41 Å². The second kappa shape index (κ2) is 8.01. The number of rotatable bonds is 4. The molecule has 2 aromatic rings. The Labute approximate surface area is 165 Å². The summed E-state index contributed by atoms with van der Waals surface area (Å²) in [5.41, 5.74) is 3.00. The summed E-state index contributed by atoms with van der Waals surface area (Å²) in [5.74, 6) is -0.122. The van der Waals surface area contributed by atoms with Gasteiger partial charge in [-0.25, -0.2) is 0 Å². The molecular formula is C22H25ClN2O2. The van der Waals surface area contributed by atoms with Crippen molar-refractivity contribution in [3.05, 3.63) is 64.7 Å². The summed E-state index contributed by atoms with van der Waals surface area (Å²) in [7, 11) is 0. The van der Waals surface area contributed by atoms with Crippen LogP contribution in [0.2, 0.25) is 5.02 Å². The number of hydrogen-bond acceptors (Lipinski definition) is 3. The maximum Gasteiger partial charge on any atom is 0.255 e. The first-order valence-electron chi connectivity index (χ1n) is 9.58. The molecule has 4 nitrogen and oxygen atoms in total. The molecule has 2 saturated heterocycles. The van der Waals surface area contributed by atoms with Gasteiger partial charge in [-0.1, -0.05) is 23.7 Å². The molecule has 27 heavy (non-hydrogen) atoms. The van der Waals surface area contributed by atoms with Gasteiger partial charge in [0, 0.05) is 41.4 Å². The number of halogens is 1. The Morgan fingerprint density at radius 3 is 2.81 bits per heavy atom. The second-order valence-electron chi connectivity index (χ2n) is 7.78. The van der Waals surface area contributed by atoms with E-state index in [9.17, 15) is 4.79 Å². The number of nitrogens with one attached hydrogen (secondary N) is 1. The zero-order valence-electron chi connectivity index (χ0n) is 15.4. The van der Waals surface area contributed by atoms with E-state index >= 15 is 0 Å². The van der Waals surface area contributed by atoms with Crippen molar-refractivity contribution in [3.63, 3.8) is 0 Å². The Hall–Kier alpha value is -1.88. The molecule has 0 saturated carbocycles. The summed E-state index contributed by atoms with van der Waals surface area (Å²) >= 11 is 5.89. The van der Waals surface area contributed by atoms with E-state index in [-0.39, 0.29) is 5.91 Å². The molecular weight excluding hydrogens is 360 g/mol. The standard InChI is InChI=1S/C22H25ClN2O2/c23-19-7-5-18(6-8-19)21(26)24-20-4-1-3-17(13-20)14-25-11-10-22(15-25)9-2-12-27-16-22/h1,3-8,13H,2,9-12,14-16H2,(H,24,26). The van der Waals surface area contributed by atoms with Gasteiger partial charge in [0.05, 0.1) is 6.61 Å². The number of carbonyl (C=O) groups is 1. The minimum Gasteiger partial charge on any atom is -0.381 e. The van der Waals surface area contributed by atoms with Gasteiger partial charge in [-0.3, -0.25) is 9.69 Å². The van der Waals surface area contributed by atoms with Gasteiger partial charge >= 0.3 is 0 Å². The van der Waals surface area contributed by atoms with Crippen LogP contribution in [0, 0.1) is 5.41 Å². The average Bonchev–Trinajstić information content (AvgIpc) is 3.05. The summed E-state index contributed by atoms with van der Waals surface area (Å²) in [6, 6.07) is 15.0. The highest BCUT2D eigenvalue weighted by Gasteiger charge is 2.39. The molecule has 2 aliphatic rings. The van der Waals surface area contributed by atoms with Crippen molar-refractivity contribution in [2.75, 3.05) is 31.6 Å². The van der Waals surface area contributed by atoms with Gasteiger partial charge in [0.15, 0.2) is 0 Å². The van der Waals surface area contributed by atoms with E-state index in [2.05, 4.69) is 22.3 Å². The molecule has 142 valence electrons. The van der Waals surface area contributed by atoms with E-state index in [0.29, 0.717) is 16.0 Å². The lowest BCUT2D eigenvalue weighted by Crippen LogP contribution is -2.34. The summed E-state index contributed by atoms with van der Waals surface area (Å²) in [6.45, 7) is 4.95. The third kappa shape index (κ3) is 4.52. The zero-order valence-corrected chi connectivity index (χ0v) is 16.2. The number of ether oxygens (including phenoxy) is 1. The largest absolute Gasteiger partial charge is 0.381 e. The van der Waals surface area contributed by atoms with Crippen molar-refractivity contribution >= 4 is 23.2 Å². The number of benzene rings is 2. The summed E-state index contributed by atoms with van der Waals surface area (Å²) in [6.07, 6.45) is 3.68. The van der Waals surface area contributed by atoms with E-state index in [4.69, 9.17) is 16.3 Å². The molecule has 4 rings (SSSR count). The minimum atomic E-state index is -0.122. The van der Waals surface area contributed by atoms with Gasteiger partial charge < -0.3 is 10.1 Å². The third-order valence-corrected chi connectivity index (χ3v) is 5.87. The molecule has 0 bridgehead atoms. The topological polar surface area (TPSA) is 41.6 Å². The van der Waals surface area contributed by atoms with E-state index in [0.717, 1.165) is 38.5 Å². The Balaban J connectivity index is 1.38. The van der Waals surface area contributed by atoms with Crippen LogP contribution in [0.4, 0.5) is 5.69 Å². The number of nitrogens with zero attached hydrogens (tertiary/aromatic N) is 1. The van der Waals surface area contributed by atoms with Gasteiger partial charge in [0.2, 0.25) is 0 Å². The molecule has 2 aromatic carbocycles. The van der Waals surface area contributed by atoms with Gasteiger partial charge in [-0.15, -0.1) is 0 Å². The highest BCUT2D eigenvalue weighted by molar-refractivity contribution is 6.30. The van der Waals surface area contributed by atoms with E-state index in [1.807, 2.05) is 12.1 Å². The smallest absolute Gasteiger partial charge is 0.255 e. The zero-order chi connectivity index (χ0) is 18.7. The first-order valence-corrected chi connectivity index (χ1v) is 9.96. The maximum absolute atomic E-state index is 12.4. The molecule has 1 unspecified atom stereocenters. The van der Waals surface area contributed by atoms with Crippen molar-refractivity contribution in [3.8, 4) is 0 Å². The summed E-state index contributed by atoms with van der Waals surface area (Å²) in [4.78, 5) is 14.9. The van der Waals surface area contributed by atoms with Crippen LogP contribution in [0.25, 0.3) is 0 Å². The molecule has 1 atom stereocenters. The Morgan fingerprint density at radius 1 is 1.19 bits per heavy atom. The molecule has 0 aliphatic carbocycles. The Bertz CT molecular complexity index is 800. The van der Waals surface area contributed by atoms with Crippen LogP contribution in [0.3, 0.4) is 0 Å². The molecule has 1 N–H and O–H groups in total. The van der Waals surface area contributed by atoms with Crippen LogP contribution < -0.4 is 5.32 Å². The van der Waals surface area contributed by atoms with Crippen LogP contribution in [0.15, 0.2) is 48.5 Å². The van der Waals surface area contributed by atoms with Gasteiger partial charge in [-0.2, -0.15) is 0 Å². The van der Waals surface area contributed by atoms with Crippen LogP contribution in [0.1, 0.15) is 35.2 Å². The Kier molecular flexibility index (Phi) is 5.48. The van der Waals surface area contributed by atoms with E-state index in [1.54, 1.807) is 24.3 Å². The molecule has 0 radical (unpaired) electrons. The normalized spacial score (nSPS) is 22.9. The van der Waals surface area contributed by atoms with Crippen molar-refractivity contribution in [2.45, 2.75) is 25.8 Å². The molecule has 0 aromatic heterocycles. The van der Waals surface area contributed by atoms with Crippen molar-refractivity contribution in [1.29, 1.82) is 0 Å². The fourth-order valence-corrected chi connectivity index (χ4v) is 4.33. The first kappa shape index (κ1) is 18.5. The molecule has 1 spiro atoms. The van der Waals surface area contributed by atoms with Crippen molar-refractivity contribution in [1.82, 2.24) is 4.90 Å². The lowest BCUT2D eigenvalue weighted by molar-refractivity contribution is -0.00247. The molecule has 5 heteroatoms. The van der Waals surface area contributed by atoms with Crippen LogP contribution in [-0.4, -0.2) is 37.1 Å². The van der Waals surface area contributed by atoms with E-state index in [1.165, 1.54) is 24.8 Å². The highest BCUT2D eigenvalue weighted by Crippen LogP contribution is 2.38. The van der Waals surface area contributed by atoms with Gasteiger partial charge in [0.25, 0.3) is 5.91 Å². The number of carbonyl (C=O) groups excluding carboxylic acids is 1. The van der Waals surface area contributed by atoms with Crippen LogP contribution >= 0.6 is 11.6 Å². The van der Waals surface area contributed by atoms with Gasteiger partial charge in [0.1, 0.15) is 0 Å². The van der Waals surface area contributed by atoms with Gasteiger partial charge in [-0.05, 0) is 67.8 Å². The molecule has 1 amide bonds. The number of amides is 1. The van der Waals surface area contributed by atoms with Crippen molar-refractivity contribution < 1.29 is 9.53 Å². The lowest BCUT2D eigenvalue weighted by atomic mass is 9.82. The molecule has 2 heterocycles. The molecule has 2 aliphatic heterocycles. The maximum atomic E-state index is 12.4. The lowest BCUT2D eigenvalue weighted by Gasteiger charge is -2.33. The number of likely N-dealkylation sites (tertiary alicyclic amines) is 1. The SMILES string of the molecule is O=C(Nc1cccc(CN2CCC3(CCCOC3)C2)c1)c1ccc(Cl)cc1. The number of hydrogen-bond donors (Lipinski definition) is 1. The molecule has 2 fully saturated rings. The fourth-order valence-electron chi connectivity index (χ4n) is 4.20. The second-order valence-corrected chi connectivity index (χ2v) is 8.21. The first-order chi connectivity index (χ1) is 13.1. The Morgan fingerprint density at radius 2 is 2.04 bits per heavy atom. The fraction of sp³-hybridized carbons (Fsp3) is 0.409. The van der Waals surface area contributed by atoms with Crippen LogP contribution in [0.5, 0.6) is 0 Å². The predicted octanol–water partition coefficient (Wildman–Crippen LogP) is 4.59. The summed E-state index contributed by atoms with van der Waals surface area (Å²) in [5, 5.41) is 3.60. The van der Waals surface area contributed by atoms with Crippen LogP contribution in [-0.2, 0) is 11.3 Å². The number of anilines is 1. The quantitative estimate of drug-likeness (QED) is 0.837. The third-order valence-electron chi connectivity index (χ3n) is 5.62. The average molecular weight is 385 g/mol. The highest BCUT2D eigenvalue weighted by atomic mass is 35.5. The monoisotopic (exact) mass is 384 g/mol. The predicted molar refractivity (Wildman–Crippen MR) is 108 cm³/mol. The van der Waals surface area contributed by atoms with E-state index < -0.39 is 0 Å². The summed E-state index contributed by atoms with van der Waals surface area (Å²) < 4.78 is 5.74.